The predicted octanol–water partition coefficient (Wildman–Crippen LogP) is 2.02. The lowest BCUT2D eigenvalue weighted by molar-refractivity contribution is 0.0740. The first-order valence-electron chi connectivity index (χ1n) is 9.47. The van der Waals surface area contributed by atoms with Crippen LogP contribution in [0.2, 0.25) is 0 Å². The van der Waals surface area contributed by atoms with Gasteiger partial charge < -0.3 is 9.80 Å². The smallest absolute Gasteiger partial charge is 0.288 e. The van der Waals surface area contributed by atoms with Gasteiger partial charge in [0.05, 0.1) is 5.69 Å². The summed E-state index contributed by atoms with van der Waals surface area (Å²) >= 11 is 0. The third kappa shape index (κ3) is 3.93. The maximum absolute atomic E-state index is 14.0. The number of amides is 1. The standard InChI is InChI=1S/C19H27FN6O2/c1-11(2)15-14(20)16(27)22-18(21-15)26-8-6-25(7-9-26)17(28)12-10-13(24-23-12)19(3,4)5/h10-11H,6-9H2,1-5H3,(H,23,24)(H,21,22,27). The number of hydrogen-bond donors (Lipinski definition) is 2. The van der Waals surface area contributed by atoms with Gasteiger partial charge in [-0.1, -0.05) is 34.6 Å². The minimum atomic E-state index is -0.833. The molecule has 1 fully saturated rings. The lowest BCUT2D eigenvalue weighted by Gasteiger charge is -2.34. The Morgan fingerprint density at radius 1 is 1.21 bits per heavy atom. The van der Waals surface area contributed by atoms with Crippen molar-refractivity contribution >= 4 is 11.9 Å². The van der Waals surface area contributed by atoms with Crippen molar-refractivity contribution in [2.75, 3.05) is 31.1 Å². The largest absolute Gasteiger partial charge is 0.339 e. The maximum Gasteiger partial charge on any atom is 0.288 e. The summed E-state index contributed by atoms with van der Waals surface area (Å²) in [5.41, 5.74) is 0.581. The number of aromatic nitrogens is 4. The molecule has 0 unspecified atom stereocenters. The molecule has 2 aromatic heterocycles. The van der Waals surface area contributed by atoms with Gasteiger partial charge in [0.2, 0.25) is 11.8 Å². The van der Waals surface area contributed by atoms with Crippen molar-refractivity contribution < 1.29 is 9.18 Å². The zero-order valence-electron chi connectivity index (χ0n) is 17.0. The van der Waals surface area contributed by atoms with Crippen molar-refractivity contribution in [3.63, 3.8) is 0 Å². The van der Waals surface area contributed by atoms with Gasteiger partial charge in [-0.25, -0.2) is 4.98 Å². The molecule has 0 aromatic carbocycles. The van der Waals surface area contributed by atoms with E-state index < -0.39 is 11.4 Å². The average molecular weight is 390 g/mol. The summed E-state index contributed by atoms with van der Waals surface area (Å²) in [6, 6.07) is 1.79. The monoisotopic (exact) mass is 390 g/mol. The molecule has 8 nitrogen and oxygen atoms in total. The van der Waals surface area contributed by atoms with E-state index in [0.29, 0.717) is 37.8 Å². The zero-order valence-corrected chi connectivity index (χ0v) is 17.0. The molecule has 2 N–H and O–H groups in total. The number of nitrogens with zero attached hydrogens (tertiary/aromatic N) is 4. The van der Waals surface area contributed by atoms with Crippen LogP contribution in [0.25, 0.3) is 0 Å². The molecule has 28 heavy (non-hydrogen) atoms. The highest BCUT2D eigenvalue weighted by molar-refractivity contribution is 5.92. The number of rotatable bonds is 3. The van der Waals surface area contributed by atoms with Crippen LogP contribution in [-0.2, 0) is 5.41 Å². The number of nitrogens with one attached hydrogen (secondary N) is 2. The summed E-state index contributed by atoms with van der Waals surface area (Å²) in [5, 5.41) is 7.09. The molecule has 0 bridgehead atoms. The Morgan fingerprint density at radius 3 is 2.39 bits per heavy atom. The molecule has 9 heteroatoms. The van der Waals surface area contributed by atoms with Crippen LogP contribution >= 0.6 is 0 Å². The minimum absolute atomic E-state index is 0.113. The number of halogens is 1. The van der Waals surface area contributed by atoms with Gasteiger partial charge in [0.1, 0.15) is 5.69 Å². The molecule has 0 atom stereocenters. The number of H-pyrrole nitrogens is 2. The minimum Gasteiger partial charge on any atom is -0.339 e. The first kappa shape index (κ1) is 20.0. The van der Waals surface area contributed by atoms with Gasteiger partial charge in [-0.05, 0) is 12.0 Å². The summed E-state index contributed by atoms with van der Waals surface area (Å²) in [6.07, 6.45) is 0. The van der Waals surface area contributed by atoms with E-state index in [1.54, 1.807) is 24.8 Å². The highest BCUT2D eigenvalue weighted by Crippen LogP contribution is 2.21. The Balaban J connectivity index is 1.70. The highest BCUT2D eigenvalue weighted by Gasteiger charge is 2.27. The first-order valence-corrected chi connectivity index (χ1v) is 9.47. The second-order valence-corrected chi connectivity index (χ2v) is 8.44. The summed E-state index contributed by atoms with van der Waals surface area (Å²) in [5.74, 6) is -0.812. The van der Waals surface area contributed by atoms with Crippen LogP contribution in [0.4, 0.5) is 10.3 Å². The molecule has 2 aromatic rings. The van der Waals surface area contributed by atoms with Crippen LogP contribution in [0.5, 0.6) is 0 Å². The summed E-state index contributed by atoms with van der Waals surface area (Å²) in [7, 11) is 0. The Morgan fingerprint density at radius 2 is 1.86 bits per heavy atom. The normalized spacial score (nSPS) is 15.4. The summed E-state index contributed by atoms with van der Waals surface area (Å²) in [6.45, 7) is 11.7. The molecule has 0 aliphatic carbocycles. The van der Waals surface area contributed by atoms with Gasteiger partial charge in [-0.15, -0.1) is 0 Å². The average Bonchev–Trinajstić information content (AvgIpc) is 3.13. The Bertz CT molecular complexity index is 919. The fourth-order valence-corrected chi connectivity index (χ4v) is 3.10. The van der Waals surface area contributed by atoms with E-state index in [1.165, 1.54) is 0 Å². The molecule has 0 spiro atoms. The second kappa shape index (κ2) is 7.37. The van der Waals surface area contributed by atoms with Crippen molar-refractivity contribution in [1.29, 1.82) is 0 Å². The van der Waals surface area contributed by atoms with Gasteiger partial charge in [0.15, 0.2) is 0 Å². The third-order valence-electron chi connectivity index (χ3n) is 4.89. The van der Waals surface area contributed by atoms with E-state index in [9.17, 15) is 14.0 Å². The maximum atomic E-state index is 14.0. The van der Waals surface area contributed by atoms with E-state index in [4.69, 9.17) is 0 Å². The van der Waals surface area contributed by atoms with E-state index in [1.807, 2.05) is 4.90 Å². The number of aromatic amines is 2. The first-order chi connectivity index (χ1) is 13.1. The SMILES string of the molecule is CC(C)c1nc(N2CCN(C(=O)c3cc(C(C)(C)C)[nH]n3)CC2)[nH]c(=O)c1F. The van der Waals surface area contributed by atoms with Crippen molar-refractivity contribution in [2.45, 2.75) is 46.0 Å². The van der Waals surface area contributed by atoms with Gasteiger partial charge >= 0.3 is 0 Å². The molecule has 1 amide bonds. The fourth-order valence-electron chi connectivity index (χ4n) is 3.10. The molecule has 1 aliphatic heterocycles. The molecule has 1 aliphatic rings. The quantitative estimate of drug-likeness (QED) is 0.836. The second-order valence-electron chi connectivity index (χ2n) is 8.44. The van der Waals surface area contributed by atoms with Crippen LogP contribution in [-0.4, -0.2) is 57.2 Å². The molecule has 1 saturated heterocycles. The molecule has 152 valence electrons. The van der Waals surface area contributed by atoms with Crippen LogP contribution < -0.4 is 10.5 Å². The van der Waals surface area contributed by atoms with Crippen LogP contribution in [0, 0.1) is 5.82 Å². The number of carbonyl (C=O) groups excluding carboxylic acids is 1. The lowest BCUT2D eigenvalue weighted by Crippen LogP contribution is -2.49. The molecule has 3 heterocycles. The van der Waals surface area contributed by atoms with Crippen LogP contribution in [0.1, 0.15) is 62.4 Å². The summed E-state index contributed by atoms with van der Waals surface area (Å²) in [4.78, 5) is 35.0. The molecular formula is C19H27FN6O2. The van der Waals surface area contributed by atoms with Crippen molar-refractivity contribution in [3.05, 3.63) is 39.3 Å². The van der Waals surface area contributed by atoms with Crippen molar-refractivity contribution in [3.8, 4) is 0 Å². The Hall–Kier alpha value is -2.71. The van der Waals surface area contributed by atoms with E-state index in [0.717, 1.165) is 5.69 Å². The molecule has 3 rings (SSSR count). The van der Waals surface area contributed by atoms with Crippen molar-refractivity contribution in [2.24, 2.45) is 0 Å². The topological polar surface area (TPSA) is 98.0 Å². The molecule has 0 radical (unpaired) electrons. The lowest BCUT2D eigenvalue weighted by atomic mass is 9.92. The Labute approximate surface area is 163 Å². The van der Waals surface area contributed by atoms with Crippen molar-refractivity contribution in [1.82, 2.24) is 25.1 Å². The van der Waals surface area contributed by atoms with Gasteiger partial charge in [0, 0.05) is 37.3 Å². The molecule has 0 saturated carbocycles. The number of hydrogen-bond acceptors (Lipinski definition) is 5. The number of carbonyl (C=O) groups is 1. The Kier molecular flexibility index (Phi) is 5.27. The third-order valence-corrected chi connectivity index (χ3v) is 4.89. The predicted molar refractivity (Wildman–Crippen MR) is 104 cm³/mol. The van der Waals surface area contributed by atoms with E-state index >= 15 is 0 Å². The van der Waals surface area contributed by atoms with E-state index in [-0.39, 0.29) is 22.9 Å². The van der Waals surface area contributed by atoms with Gasteiger partial charge in [0.25, 0.3) is 11.5 Å². The van der Waals surface area contributed by atoms with E-state index in [2.05, 4.69) is 40.9 Å². The summed E-state index contributed by atoms with van der Waals surface area (Å²) < 4.78 is 14.0. The molecular weight excluding hydrogens is 363 g/mol. The zero-order chi connectivity index (χ0) is 20.6. The highest BCUT2D eigenvalue weighted by atomic mass is 19.1. The van der Waals surface area contributed by atoms with Gasteiger partial charge in [-0.3, -0.25) is 19.7 Å². The number of anilines is 1. The fraction of sp³-hybridized carbons (Fsp3) is 0.579. The van der Waals surface area contributed by atoms with Crippen LogP contribution in [0.3, 0.4) is 0 Å². The van der Waals surface area contributed by atoms with Gasteiger partial charge in [-0.2, -0.15) is 9.49 Å². The number of piperazine rings is 1. The van der Waals surface area contributed by atoms with Crippen LogP contribution in [0.15, 0.2) is 10.9 Å².